The second-order valence-electron chi connectivity index (χ2n) is 3.97. The first-order valence-corrected chi connectivity index (χ1v) is 6.38. The van der Waals surface area contributed by atoms with Gasteiger partial charge in [0.05, 0.1) is 15.0 Å². The van der Waals surface area contributed by atoms with Gasteiger partial charge in [0.2, 0.25) is 0 Å². The molecule has 0 fully saturated rings. The van der Waals surface area contributed by atoms with Crippen molar-refractivity contribution in [2.24, 2.45) is 0 Å². The molecule has 0 atom stereocenters. The van der Waals surface area contributed by atoms with Crippen molar-refractivity contribution in [3.63, 3.8) is 0 Å². The average molecular weight is 357 g/mol. The fourth-order valence-electron chi connectivity index (χ4n) is 1.64. The lowest BCUT2D eigenvalue weighted by molar-refractivity contribution is -0.384. The van der Waals surface area contributed by atoms with E-state index in [0.29, 0.717) is 0 Å². The second kappa shape index (κ2) is 5.96. The maximum atomic E-state index is 13.4. The normalized spacial score (nSPS) is 10.2. The van der Waals surface area contributed by atoms with E-state index in [-0.39, 0.29) is 15.7 Å². The molecular weight excluding hydrogens is 350 g/mol. The lowest BCUT2D eigenvalue weighted by Crippen LogP contribution is -2.14. The summed E-state index contributed by atoms with van der Waals surface area (Å²) in [6.45, 7) is 0. The molecule has 108 valence electrons. The Balaban J connectivity index is 2.38. The Morgan fingerprint density at radius 2 is 1.95 bits per heavy atom. The number of nitro groups is 1. The van der Waals surface area contributed by atoms with Crippen molar-refractivity contribution in [1.29, 1.82) is 0 Å². The summed E-state index contributed by atoms with van der Waals surface area (Å²) in [5.41, 5.74) is -0.827. The summed E-state index contributed by atoms with van der Waals surface area (Å²) in [6.07, 6.45) is 0. The SMILES string of the molecule is O=C(Nc1cc(F)ccc1[N+](=O)[O-])c1cccc(F)c1Br. The zero-order chi connectivity index (χ0) is 15.6. The van der Waals surface area contributed by atoms with E-state index in [1.54, 1.807) is 0 Å². The van der Waals surface area contributed by atoms with Crippen LogP contribution in [-0.2, 0) is 0 Å². The van der Waals surface area contributed by atoms with Crippen LogP contribution in [-0.4, -0.2) is 10.8 Å². The monoisotopic (exact) mass is 356 g/mol. The maximum absolute atomic E-state index is 13.4. The van der Waals surface area contributed by atoms with Crippen molar-refractivity contribution in [3.8, 4) is 0 Å². The Labute approximate surface area is 125 Å². The first-order valence-electron chi connectivity index (χ1n) is 5.59. The number of nitrogens with one attached hydrogen (secondary N) is 1. The van der Waals surface area contributed by atoms with E-state index in [1.165, 1.54) is 12.1 Å². The van der Waals surface area contributed by atoms with Crippen molar-refractivity contribution in [1.82, 2.24) is 0 Å². The van der Waals surface area contributed by atoms with Crippen LogP contribution in [0.15, 0.2) is 40.9 Å². The third-order valence-corrected chi connectivity index (χ3v) is 3.41. The van der Waals surface area contributed by atoms with Gasteiger partial charge >= 0.3 is 0 Å². The number of amides is 1. The predicted octanol–water partition coefficient (Wildman–Crippen LogP) is 3.89. The largest absolute Gasteiger partial charge is 0.316 e. The van der Waals surface area contributed by atoms with Gasteiger partial charge < -0.3 is 5.32 Å². The van der Waals surface area contributed by atoms with Gasteiger partial charge in [-0.15, -0.1) is 0 Å². The fourth-order valence-corrected chi connectivity index (χ4v) is 2.08. The Morgan fingerprint density at radius 3 is 2.62 bits per heavy atom. The molecule has 0 saturated carbocycles. The number of halogens is 3. The third kappa shape index (κ3) is 3.22. The van der Waals surface area contributed by atoms with Crippen molar-refractivity contribution < 1.29 is 18.5 Å². The van der Waals surface area contributed by atoms with Gasteiger partial charge in [-0.1, -0.05) is 6.07 Å². The zero-order valence-electron chi connectivity index (χ0n) is 10.3. The minimum atomic E-state index is -0.796. The molecule has 0 heterocycles. The van der Waals surface area contributed by atoms with Gasteiger partial charge in [-0.05, 0) is 34.1 Å². The highest BCUT2D eigenvalue weighted by molar-refractivity contribution is 9.10. The molecule has 8 heteroatoms. The van der Waals surface area contributed by atoms with Crippen LogP contribution in [0.5, 0.6) is 0 Å². The van der Waals surface area contributed by atoms with Crippen LogP contribution in [0.2, 0.25) is 0 Å². The molecule has 21 heavy (non-hydrogen) atoms. The molecule has 0 aliphatic heterocycles. The summed E-state index contributed by atoms with van der Waals surface area (Å²) in [5.74, 6) is -2.19. The lowest BCUT2D eigenvalue weighted by atomic mass is 10.2. The van der Waals surface area contributed by atoms with Gasteiger partial charge in [0.1, 0.15) is 17.3 Å². The molecule has 0 aromatic heterocycles. The van der Waals surface area contributed by atoms with Crippen LogP contribution in [0.1, 0.15) is 10.4 Å². The minimum absolute atomic E-state index is 0.0615. The molecule has 0 unspecified atom stereocenters. The van der Waals surface area contributed by atoms with Crippen molar-refractivity contribution in [3.05, 3.63) is 68.2 Å². The minimum Gasteiger partial charge on any atom is -0.316 e. The van der Waals surface area contributed by atoms with E-state index in [4.69, 9.17) is 0 Å². The predicted molar refractivity (Wildman–Crippen MR) is 75.1 cm³/mol. The number of hydrogen-bond acceptors (Lipinski definition) is 3. The molecule has 1 N–H and O–H groups in total. The van der Waals surface area contributed by atoms with Gasteiger partial charge in [0.25, 0.3) is 11.6 Å². The molecule has 0 saturated heterocycles. The van der Waals surface area contributed by atoms with Crippen molar-refractivity contribution in [2.45, 2.75) is 0 Å². The zero-order valence-corrected chi connectivity index (χ0v) is 11.9. The Bertz CT molecular complexity index is 737. The van der Waals surface area contributed by atoms with E-state index in [1.807, 2.05) is 0 Å². The van der Waals surface area contributed by atoms with Gasteiger partial charge in [0, 0.05) is 12.1 Å². The van der Waals surface area contributed by atoms with Crippen LogP contribution in [0.3, 0.4) is 0 Å². The van der Waals surface area contributed by atoms with Gasteiger partial charge in [-0.2, -0.15) is 0 Å². The molecule has 0 bridgehead atoms. The molecule has 1 amide bonds. The summed E-state index contributed by atoms with van der Waals surface area (Å²) in [7, 11) is 0. The van der Waals surface area contributed by atoms with E-state index < -0.39 is 28.2 Å². The van der Waals surface area contributed by atoms with Gasteiger partial charge in [-0.25, -0.2) is 8.78 Å². The smallest absolute Gasteiger partial charge is 0.292 e. The highest BCUT2D eigenvalue weighted by Crippen LogP contribution is 2.27. The number of anilines is 1. The highest BCUT2D eigenvalue weighted by Gasteiger charge is 2.19. The number of carbonyl (C=O) groups excluding carboxylic acids is 1. The number of nitro benzene ring substituents is 1. The number of rotatable bonds is 3. The molecule has 0 aliphatic carbocycles. The van der Waals surface area contributed by atoms with Crippen LogP contribution in [0.25, 0.3) is 0 Å². The standard InChI is InChI=1S/C13H7BrF2N2O3/c14-12-8(2-1-3-9(12)16)13(19)17-10-6-7(15)4-5-11(10)18(20)21/h1-6H,(H,17,19). The van der Waals surface area contributed by atoms with Gasteiger partial charge in [0.15, 0.2) is 0 Å². The Morgan fingerprint density at radius 1 is 1.24 bits per heavy atom. The third-order valence-electron chi connectivity index (χ3n) is 2.60. The second-order valence-corrected chi connectivity index (χ2v) is 4.77. The molecule has 0 aliphatic rings. The van der Waals surface area contributed by atoms with E-state index in [0.717, 1.165) is 24.3 Å². The molecule has 0 radical (unpaired) electrons. The molecule has 2 aromatic rings. The quantitative estimate of drug-likeness (QED) is 0.669. The summed E-state index contributed by atoms with van der Waals surface area (Å²) in [6, 6.07) is 6.45. The molecule has 2 rings (SSSR count). The lowest BCUT2D eigenvalue weighted by Gasteiger charge is -2.08. The van der Waals surface area contributed by atoms with Gasteiger partial charge in [-0.3, -0.25) is 14.9 Å². The molecule has 0 spiro atoms. The summed E-state index contributed by atoms with van der Waals surface area (Å²) < 4.78 is 26.4. The number of carbonyl (C=O) groups is 1. The Kier molecular flexibility index (Phi) is 4.27. The van der Waals surface area contributed by atoms with E-state index in [9.17, 15) is 23.7 Å². The van der Waals surface area contributed by atoms with Crippen molar-refractivity contribution in [2.75, 3.05) is 5.32 Å². The molecule has 5 nitrogen and oxygen atoms in total. The molecular formula is C13H7BrF2N2O3. The first kappa shape index (κ1) is 15.0. The number of benzene rings is 2. The van der Waals surface area contributed by atoms with Crippen LogP contribution in [0.4, 0.5) is 20.2 Å². The van der Waals surface area contributed by atoms with Crippen LogP contribution < -0.4 is 5.32 Å². The fraction of sp³-hybridized carbons (Fsp3) is 0. The first-order chi connectivity index (χ1) is 9.90. The van der Waals surface area contributed by atoms with E-state index in [2.05, 4.69) is 21.2 Å². The highest BCUT2D eigenvalue weighted by atomic mass is 79.9. The van der Waals surface area contributed by atoms with E-state index >= 15 is 0 Å². The van der Waals surface area contributed by atoms with Crippen LogP contribution >= 0.6 is 15.9 Å². The molecule has 2 aromatic carbocycles. The summed E-state index contributed by atoms with van der Waals surface area (Å²) in [4.78, 5) is 22.1. The average Bonchev–Trinajstić information content (AvgIpc) is 2.41. The number of hydrogen-bond donors (Lipinski definition) is 1. The summed E-state index contributed by atoms with van der Waals surface area (Å²) in [5, 5.41) is 13.0. The number of nitrogens with zero attached hydrogens (tertiary/aromatic N) is 1. The topological polar surface area (TPSA) is 72.2 Å². The maximum Gasteiger partial charge on any atom is 0.292 e. The van der Waals surface area contributed by atoms with Crippen LogP contribution in [0, 0.1) is 21.7 Å². The summed E-state index contributed by atoms with van der Waals surface area (Å²) >= 11 is 2.91. The van der Waals surface area contributed by atoms with Crippen molar-refractivity contribution >= 4 is 33.2 Å². The Hall–Kier alpha value is -2.35.